The normalized spacial score (nSPS) is 13.8. The fourth-order valence-electron chi connectivity index (χ4n) is 2.79. The zero-order valence-corrected chi connectivity index (χ0v) is 14.1. The Balaban J connectivity index is 1.60. The van der Waals surface area contributed by atoms with E-state index in [4.69, 9.17) is 11.6 Å². The van der Waals surface area contributed by atoms with Crippen molar-refractivity contribution in [2.24, 2.45) is 0 Å². The summed E-state index contributed by atoms with van der Waals surface area (Å²) in [6.45, 7) is 1.74. The maximum Gasteiger partial charge on any atom is 0.255 e. The van der Waals surface area contributed by atoms with Crippen LogP contribution in [0.5, 0.6) is 0 Å². The molecule has 3 rings (SSSR count). The molecule has 2 amide bonds. The van der Waals surface area contributed by atoms with E-state index in [9.17, 15) is 9.59 Å². The number of hydrogen-bond donors (Lipinski definition) is 1. The van der Waals surface area contributed by atoms with Crippen LogP contribution in [0.2, 0.25) is 5.02 Å². The van der Waals surface area contributed by atoms with Gasteiger partial charge in [0.2, 0.25) is 5.91 Å². The van der Waals surface area contributed by atoms with E-state index in [1.165, 1.54) is 0 Å². The minimum atomic E-state index is -0.210. The maximum atomic E-state index is 12.2. The number of carbonyl (C=O) groups is 2. The van der Waals surface area contributed by atoms with Crippen molar-refractivity contribution < 1.29 is 9.59 Å². The molecule has 5 heteroatoms. The zero-order valence-electron chi connectivity index (χ0n) is 13.3. The molecule has 24 heavy (non-hydrogen) atoms. The molecule has 1 saturated heterocycles. The largest absolute Gasteiger partial charge is 0.342 e. The van der Waals surface area contributed by atoms with Crippen molar-refractivity contribution >= 4 is 29.1 Å². The monoisotopic (exact) mass is 342 g/mol. The lowest BCUT2D eigenvalue weighted by molar-refractivity contribution is -0.129. The maximum absolute atomic E-state index is 12.2. The lowest BCUT2D eigenvalue weighted by Crippen LogP contribution is -2.29. The first-order chi connectivity index (χ1) is 11.6. The van der Waals surface area contributed by atoms with Crippen molar-refractivity contribution in [3.63, 3.8) is 0 Å². The van der Waals surface area contributed by atoms with Gasteiger partial charge in [-0.05, 0) is 48.7 Å². The van der Waals surface area contributed by atoms with E-state index >= 15 is 0 Å². The molecule has 0 bridgehead atoms. The molecule has 1 heterocycles. The van der Waals surface area contributed by atoms with E-state index in [1.807, 2.05) is 29.2 Å². The van der Waals surface area contributed by atoms with Crippen LogP contribution in [0.15, 0.2) is 48.5 Å². The van der Waals surface area contributed by atoms with Crippen LogP contribution in [0.1, 0.15) is 28.8 Å². The molecule has 1 aliphatic heterocycles. The summed E-state index contributed by atoms with van der Waals surface area (Å²) < 4.78 is 0. The molecule has 0 aliphatic carbocycles. The second-order valence-corrected chi connectivity index (χ2v) is 6.36. The Morgan fingerprint density at radius 3 is 2.42 bits per heavy atom. The summed E-state index contributed by atoms with van der Waals surface area (Å²) in [6, 6.07) is 14.2. The third-order valence-electron chi connectivity index (χ3n) is 4.11. The standard InChI is InChI=1S/C19H19ClN2O2/c20-16-5-3-4-15(13-16)19(24)21-17-8-6-14(7-9-17)12-18(23)22-10-1-2-11-22/h3-9,13H,1-2,10-12H2,(H,21,24). The Morgan fingerprint density at radius 1 is 1.04 bits per heavy atom. The minimum Gasteiger partial charge on any atom is -0.342 e. The molecule has 1 N–H and O–H groups in total. The van der Waals surface area contributed by atoms with E-state index in [0.29, 0.717) is 22.7 Å². The van der Waals surface area contributed by atoms with Gasteiger partial charge in [0, 0.05) is 29.4 Å². The Hall–Kier alpha value is -2.33. The average Bonchev–Trinajstić information content (AvgIpc) is 3.11. The highest BCUT2D eigenvalue weighted by molar-refractivity contribution is 6.31. The topological polar surface area (TPSA) is 49.4 Å². The molecule has 0 spiro atoms. The van der Waals surface area contributed by atoms with E-state index < -0.39 is 0 Å². The zero-order chi connectivity index (χ0) is 16.9. The molecule has 4 nitrogen and oxygen atoms in total. The fourth-order valence-corrected chi connectivity index (χ4v) is 2.98. The molecule has 2 aromatic rings. The number of nitrogens with zero attached hydrogens (tertiary/aromatic N) is 1. The highest BCUT2D eigenvalue weighted by Crippen LogP contribution is 2.16. The Morgan fingerprint density at radius 2 is 1.75 bits per heavy atom. The highest BCUT2D eigenvalue weighted by Gasteiger charge is 2.17. The smallest absolute Gasteiger partial charge is 0.255 e. The van der Waals surface area contributed by atoms with Gasteiger partial charge in [0.05, 0.1) is 6.42 Å². The second kappa shape index (κ2) is 7.49. The predicted octanol–water partition coefficient (Wildman–Crippen LogP) is 3.76. The van der Waals surface area contributed by atoms with Crippen LogP contribution in [0.3, 0.4) is 0 Å². The second-order valence-electron chi connectivity index (χ2n) is 5.93. The van der Waals surface area contributed by atoms with Crippen molar-refractivity contribution in [3.8, 4) is 0 Å². The van der Waals surface area contributed by atoms with Crippen molar-refractivity contribution in [1.29, 1.82) is 0 Å². The van der Waals surface area contributed by atoms with Gasteiger partial charge in [0.25, 0.3) is 5.91 Å². The Kier molecular flexibility index (Phi) is 5.16. The third-order valence-corrected chi connectivity index (χ3v) is 4.35. The van der Waals surface area contributed by atoms with Crippen molar-refractivity contribution in [2.45, 2.75) is 19.3 Å². The minimum absolute atomic E-state index is 0.170. The fraction of sp³-hybridized carbons (Fsp3) is 0.263. The summed E-state index contributed by atoms with van der Waals surface area (Å²) >= 11 is 5.90. The molecule has 1 aliphatic rings. The molecule has 0 unspecified atom stereocenters. The van der Waals surface area contributed by atoms with E-state index in [-0.39, 0.29) is 11.8 Å². The van der Waals surface area contributed by atoms with Crippen LogP contribution in [-0.4, -0.2) is 29.8 Å². The number of benzene rings is 2. The Labute approximate surface area is 146 Å². The van der Waals surface area contributed by atoms with Gasteiger partial charge in [0.1, 0.15) is 0 Å². The van der Waals surface area contributed by atoms with E-state index in [2.05, 4.69) is 5.32 Å². The van der Waals surface area contributed by atoms with Gasteiger partial charge in [-0.15, -0.1) is 0 Å². The van der Waals surface area contributed by atoms with E-state index in [1.54, 1.807) is 24.3 Å². The van der Waals surface area contributed by atoms with Gasteiger partial charge >= 0.3 is 0 Å². The van der Waals surface area contributed by atoms with Gasteiger partial charge in [-0.3, -0.25) is 9.59 Å². The van der Waals surface area contributed by atoms with Crippen molar-refractivity contribution in [3.05, 3.63) is 64.7 Å². The number of halogens is 1. The SMILES string of the molecule is O=C(Nc1ccc(CC(=O)N2CCCC2)cc1)c1cccc(Cl)c1. The van der Waals surface area contributed by atoms with Crippen molar-refractivity contribution in [2.75, 3.05) is 18.4 Å². The van der Waals surface area contributed by atoms with Gasteiger partial charge in [0.15, 0.2) is 0 Å². The molecule has 124 valence electrons. The lowest BCUT2D eigenvalue weighted by Gasteiger charge is -2.15. The van der Waals surface area contributed by atoms with Gasteiger partial charge in [-0.2, -0.15) is 0 Å². The van der Waals surface area contributed by atoms with Gasteiger partial charge < -0.3 is 10.2 Å². The first-order valence-electron chi connectivity index (χ1n) is 8.05. The molecule has 0 saturated carbocycles. The van der Waals surface area contributed by atoms with Gasteiger partial charge in [-0.25, -0.2) is 0 Å². The highest BCUT2D eigenvalue weighted by atomic mass is 35.5. The summed E-state index contributed by atoms with van der Waals surface area (Å²) in [6.07, 6.45) is 2.60. The molecule has 0 radical (unpaired) electrons. The van der Waals surface area contributed by atoms with E-state index in [0.717, 1.165) is 31.5 Å². The number of hydrogen-bond acceptors (Lipinski definition) is 2. The molecular formula is C19H19ClN2O2. The summed E-state index contributed by atoms with van der Waals surface area (Å²) in [5, 5.41) is 3.35. The summed E-state index contributed by atoms with van der Waals surface area (Å²) in [5.41, 5.74) is 2.15. The number of nitrogens with one attached hydrogen (secondary N) is 1. The third kappa shape index (κ3) is 4.15. The summed E-state index contributed by atoms with van der Waals surface area (Å²) in [5.74, 6) is -0.0402. The number of rotatable bonds is 4. The number of likely N-dealkylation sites (tertiary alicyclic amines) is 1. The van der Waals surface area contributed by atoms with Crippen molar-refractivity contribution in [1.82, 2.24) is 4.90 Å². The average molecular weight is 343 g/mol. The van der Waals surface area contributed by atoms with Crippen LogP contribution in [0.25, 0.3) is 0 Å². The molecule has 1 fully saturated rings. The summed E-state index contributed by atoms with van der Waals surface area (Å²) in [7, 11) is 0. The molecular weight excluding hydrogens is 324 g/mol. The van der Waals surface area contributed by atoms with Crippen LogP contribution in [0, 0.1) is 0 Å². The molecule has 2 aromatic carbocycles. The van der Waals surface area contributed by atoms with Crippen LogP contribution in [-0.2, 0) is 11.2 Å². The predicted molar refractivity (Wildman–Crippen MR) is 95.4 cm³/mol. The van der Waals surface area contributed by atoms with Crippen LogP contribution < -0.4 is 5.32 Å². The first kappa shape index (κ1) is 16.5. The van der Waals surface area contributed by atoms with Crippen LogP contribution in [0.4, 0.5) is 5.69 Å². The Bertz CT molecular complexity index is 737. The first-order valence-corrected chi connectivity index (χ1v) is 8.43. The molecule has 0 atom stereocenters. The lowest BCUT2D eigenvalue weighted by atomic mass is 10.1. The van der Waals surface area contributed by atoms with Crippen LogP contribution >= 0.6 is 11.6 Å². The molecule has 0 aromatic heterocycles. The quantitative estimate of drug-likeness (QED) is 0.919. The number of carbonyl (C=O) groups excluding carboxylic acids is 2. The number of anilines is 1. The van der Waals surface area contributed by atoms with Gasteiger partial charge in [-0.1, -0.05) is 29.8 Å². The number of amides is 2. The summed E-state index contributed by atoms with van der Waals surface area (Å²) in [4.78, 5) is 26.2.